The van der Waals surface area contributed by atoms with Gasteiger partial charge in [0, 0.05) is 30.8 Å². The van der Waals surface area contributed by atoms with Crippen LogP contribution in [0.5, 0.6) is 0 Å². The molecule has 1 unspecified atom stereocenters. The van der Waals surface area contributed by atoms with Crippen molar-refractivity contribution in [2.75, 3.05) is 31.6 Å². The van der Waals surface area contributed by atoms with Gasteiger partial charge in [-0.25, -0.2) is 0 Å². The number of nitrogens with one attached hydrogen (secondary N) is 3. The zero-order chi connectivity index (χ0) is 19.6. The molecular formula is C18H24N4O4S. The summed E-state index contributed by atoms with van der Waals surface area (Å²) in [7, 11) is 0. The first-order chi connectivity index (χ1) is 13.0. The molecule has 1 aromatic carbocycles. The highest BCUT2D eigenvalue weighted by molar-refractivity contribution is 7.98. The van der Waals surface area contributed by atoms with Crippen molar-refractivity contribution in [3.8, 4) is 0 Å². The van der Waals surface area contributed by atoms with Gasteiger partial charge < -0.3 is 16.0 Å². The molecular weight excluding hydrogens is 368 g/mol. The summed E-state index contributed by atoms with van der Waals surface area (Å²) < 4.78 is 0. The number of rotatable bonds is 9. The third-order valence-electron chi connectivity index (χ3n) is 4.20. The third kappa shape index (κ3) is 6.69. The number of nitro benzene ring substituents is 1. The van der Waals surface area contributed by atoms with Crippen molar-refractivity contribution in [1.29, 1.82) is 0 Å². The molecule has 0 saturated heterocycles. The van der Waals surface area contributed by atoms with Crippen LogP contribution in [0.15, 0.2) is 35.9 Å². The summed E-state index contributed by atoms with van der Waals surface area (Å²) >= 11 is 1.58. The van der Waals surface area contributed by atoms with Gasteiger partial charge in [0.15, 0.2) is 0 Å². The van der Waals surface area contributed by atoms with Crippen LogP contribution >= 0.6 is 11.8 Å². The molecule has 146 valence electrons. The van der Waals surface area contributed by atoms with Gasteiger partial charge in [0.2, 0.25) is 5.91 Å². The van der Waals surface area contributed by atoms with Crippen LogP contribution in [0.1, 0.15) is 23.2 Å². The maximum atomic E-state index is 12.5. The van der Waals surface area contributed by atoms with Crippen LogP contribution in [0.4, 0.5) is 5.69 Å². The Hall–Kier alpha value is -2.39. The number of hydrogen-bond acceptors (Lipinski definition) is 6. The highest BCUT2D eigenvalue weighted by atomic mass is 32.2. The van der Waals surface area contributed by atoms with Crippen LogP contribution in [0, 0.1) is 10.1 Å². The van der Waals surface area contributed by atoms with Crippen molar-refractivity contribution in [2.24, 2.45) is 0 Å². The Balaban J connectivity index is 2.00. The van der Waals surface area contributed by atoms with Gasteiger partial charge in [-0.05, 0) is 37.5 Å². The lowest BCUT2D eigenvalue weighted by Gasteiger charge is -2.20. The van der Waals surface area contributed by atoms with Crippen LogP contribution < -0.4 is 16.0 Å². The molecule has 2 rings (SSSR count). The van der Waals surface area contributed by atoms with Crippen molar-refractivity contribution in [2.45, 2.75) is 18.9 Å². The van der Waals surface area contributed by atoms with E-state index < -0.39 is 16.9 Å². The number of nitro groups is 1. The molecule has 0 fully saturated rings. The molecule has 0 radical (unpaired) electrons. The molecule has 1 aliphatic heterocycles. The number of nitrogens with zero attached hydrogens (tertiary/aromatic N) is 1. The molecule has 0 saturated carbocycles. The van der Waals surface area contributed by atoms with Gasteiger partial charge in [0.25, 0.3) is 11.6 Å². The molecule has 0 spiro atoms. The van der Waals surface area contributed by atoms with E-state index in [0.29, 0.717) is 18.7 Å². The van der Waals surface area contributed by atoms with Gasteiger partial charge >= 0.3 is 0 Å². The minimum Gasteiger partial charge on any atom is -0.351 e. The minimum absolute atomic E-state index is 0.159. The van der Waals surface area contributed by atoms with Gasteiger partial charge in [-0.3, -0.25) is 19.7 Å². The summed E-state index contributed by atoms with van der Waals surface area (Å²) in [6.45, 7) is 2.15. The number of carbonyl (C=O) groups excluding carboxylic acids is 2. The number of non-ortho nitro benzene ring substituents is 1. The fourth-order valence-electron chi connectivity index (χ4n) is 2.66. The second kappa shape index (κ2) is 10.7. The first-order valence-corrected chi connectivity index (χ1v) is 10.1. The summed E-state index contributed by atoms with van der Waals surface area (Å²) in [6.07, 6.45) is 5.35. The SMILES string of the molecule is CSCCC(NC(=O)c1cccc([N+](=O)[O-])c1)C(=O)NCC1=CCNCC1. The van der Waals surface area contributed by atoms with E-state index in [1.54, 1.807) is 11.8 Å². The number of carbonyl (C=O) groups is 2. The number of benzene rings is 1. The largest absolute Gasteiger partial charge is 0.351 e. The number of amides is 2. The molecule has 1 heterocycles. The first-order valence-electron chi connectivity index (χ1n) is 8.72. The van der Waals surface area contributed by atoms with Gasteiger partial charge in [-0.1, -0.05) is 17.7 Å². The zero-order valence-electron chi connectivity index (χ0n) is 15.2. The fraction of sp³-hybridized carbons (Fsp3) is 0.444. The van der Waals surface area contributed by atoms with Crippen LogP contribution in [-0.2, 0) is 4.79 Å². The topological polar surface area (TPSA) is 113 Å². The molecule has 8 nitrogen and oxygen atoms in total. The van der Waals surface area contributed by atoms with Gasteiger partial charge in [-0.15, -0.1) is 0 Å². The normalized spacial score (nSPS) is 14.8. The van der Waals surface area contributed by atoms with Crippen molar-refractivity contribution in [3.63, 3.8) is 0 Å². The smallest absolute Gasteiger partial charge is 0.270 e. The van der Waals surface area contributed by atoms with E-state index in [4.69, 9.17) is 0 Å². The molecule has 0 aliphatic carbocycles. The molecule has 0 aromatic heterocycles. The van der Waals surface area contributed by atoms with Gasteiger partial charge in [0.05, 0.1) is 4.92 Å². The van der Waals surface area contributed by atoms with E-state index in [1.165, 1.54) is 24.3 Å². The summed E-state index contributed by atoms with van der Waals surface area (Å²) in [5.41, 5.74) is 1.16. The maximum Gasteiger partial charge on any atom is 0.270 e. The van der Waals surface area contributed by atoms with E-state index >= 15 is 0 Å². The second-order valence-corrected chi connectivity index (χ2v) is 7.13. The van der Waals surface area contributed by atoms with E-state index in [2.05, 4.69) is 22.0 Å². The quantitative estimate of drug-likeness (QED) is 0.333. The lowest BCUT2D eigenvalue weighted by molar-refractivity contribution is -0.384. The molecule has 1 aliphatic rings. The Labute approximate surface area is 162 Å². The highest BCUT2D eigenvalue weighted by Gasteiger charge is 2.22. The Morgan fingerprint density at radius 3 is 2.89 bits per heavy atom. The molecule has 1 aromatic rings. The van der Waals surface area contributed by atoms with Crippen molar-refractivity contribution < 1.29 is 14.5 Å². The van der Waals surface area contributed by atoms with Gasteiger partial charge in [0.1, 0.15) is 6.04 Å². The predicted octanol–water partition coefficient (Wildman–Crippen LogP) is 1.48. The summed E-state index contributed by atoms with van der Waals surface area (Å²) in [4.78, 5) is 35.3. The average molecular weight is 392 g/mol. The fourth-order valence-corrected chi connectivity index (χ4v) is 3.13. The summed E-state index contributed by atoms with van der Waals surface area (Å²) in [5.74, 6) is -0.0387. The lowest BCUT2D eigenvalue weighted by Crippen LogP contribution is -2.47. The van der Waals surface area contributed by atoms with E-state index in [9.17, 15) is 19.7 Å². The standard InChI is InChI=1S/C18H24N4O4S/c1-27-10-7-16(18(24)20-12-13-5-8-19-9-6-13)21-17(23)14-3-2-4-15(11-14)22(25)26/h2-5,11,16,19H,6-10,12H2,1H3,(H,20,24)(H,21,23). The molecule has 0 bridgehead atoms. The van der Waals surface area contributed by atoms with Crippen molar-refractivity contribution in [1.82, 2.24) is 16.0 Å². The first kappa shape index (κ1) is 20.9. The molecule has 9 heteroatoms. The number of thioether (sulfide) groups is 1. The molecule has 27 heavy (non-hydrogen) atoms. The molecule has 2 amide bonds. The minimum atomic E-state index is -0.688. The number of hydrogen-bond donors (Lipinski definition) is 3. The Bertz CT molecular complexity index is 723. The average Bonchev–Trinajstić information content (AvgIpc) is 2.70. The van der Waals surface area contributed by atoms with Crippen LogP contribution in [0.25, 0.3) is 0 Å². The van der Waals surface area contributed by atoms with Gasteiger partial charge in [-0.2, -0.15) is 11.8 Å². The zero-order valence-corrected chi connectivity index (χ0v) is 16.0. The maximum absolute atomic E-state index is 12.5. The molecule has 3 N–H and O–H groups in total. The van der Waals surface area contributed by atoms with E-state index in [-0.39, 0.29) is 17.2 Å². The van der Waals surface area contributed by atoms with Crippen LogP contribution in [0.2, 0.25) is 0 Å². The van der Waals surface area contributed by atoms with E-state index in [0.717, 1.165) is 25.1 Å². The van der Waals surface area contributed by atoms with Crippen LogP contribution in [-0.4, -0.2) is 54.4 Å². The monoisotopic (exact) mass is 392 g/mol. The third-order valence-corrected chi connectivity index (χ3v) is 4.84. The van der Waals surface area contributed by atoms with Crippen molar-refractivity contribution in [3.05, 3.63) is 51.6 Å². The van der Waals surface area contributed by atoms with Crippen molar-refractivity contribution >= 4 is 29.3 Å². The highest BCUT2D eigenvalue weighted by Crippen LogP contribution is 2.13. The summed E-state index contributed by atoms with van der Waals surface area (Å²) in [6, 6.07) is 4.78. The summed E-state index contributed by atoms with van der Waals surface area (Å²) in [5, 5.41) is 19.7. The van der Waals surface area contributed by atoms with E-state index in [1.807, 2.05) is 6.26 Å². The predicted molar refractivity (Wildman–Crippen MR) is 106 cm³/mol. The second-order valence-electron chi connectivity index (χ2n) is 6.15. The Kier molecular flexibility index (Phi) is 8.28. The Morgan fingerprint density at radius 1 is 1.41 bits per heavy atom. The Morgan fingerprint density at radius 2 is 2.22 bits per heavy atom. The molecule has 1 atom stereocenters. The lowest BCUT2D eigenvalue weighted by atomic mass is 10.1. The van der Waals surface area contributed by atoms with Crippen LogP contribution in [0.3, 0.4) is 0 Å².